The van der Waals surface area contributed by atoms with E-state index in [0.717, 1.165) is 16.7 Å². The highest BCUT2D eigenvalue weighted by Crippen LogP contribution is 2.30. The van der Waals surface area contributed by atoms with Gasteiger partial charge in [-0.05, 0) is 35.1 Å². The normalized spacial score (nSPS) is 14.4. The Balaban J connectivity index is 2.46. The fourth-order valence-corrected chi connectivity index (χ4v) is 2.02. The van der Waals surface area contributed by atoms with Gasteiger partial charge in [0.1, 0.15) is 11.3 Å². The van der Waals surface area contributed by atoms with Crippen molar-refractivity contribution in [1.29, 1.82) is 0 Å². The van der Waals surface area contributed by atoms with Gasteiger partial charge in [-0.25, -0.2) is 0 Å². The second-order valence-electron chi connectivity index (χ2n) is 6.42. The van der Waals surface area contributed by atoms with Crippen LogP contribution >= 0.6 is 0 Å². The minimum absolute atomic E-state index is 0.0320. The average molecular weight is 245 g/mol. The molecule has 1 aromatic heterocycles. The average Bonchev–Trinajstić information content (AvgIpc) is 2.68. The molecule has 1 unspecified atom stereocenters. The number of benzene rings is 1. The Morgan fingerprint density at radius 3 is 2.33 bits per heavy atom. The van der Waals surface area contributed by atoms with Crippen molar-refractivity contribution in [3.05, 3.63) is 35.6 Å². The van der Waals surface area contributed by atoms with E-state index in [4.69, 9.17) is 10.2 Å². The molecule has 0 aliphatic rings. The zero-order valence-electron chi connectivity index (χ0n) is 11.9. The molecule has 2 aromatic rings. The van der Waals surface area contributed by atoms with E-state index in [1.54, 1.807) is 0 Å². The van der Waals surface area contributed by atoms with Gasteiger partial charge in [-0.1, -0.05) is 40.7 Å². The monoisotopic (exact) mass is 245 g/mol. The Morgan fingerprint density at radius 2 is 1.78 bits per heavy atom. The van der Waals surface area contributed by atoms with Crippen molar-refractivity contribution in [2.24, 2.45) is 11.7 Å². The number of nitrogens with two attached hydrogens (primary N) is 1. The lowest BCUT2D eigenvalue weighted by Crippen LogP contribution is -2.15. The zero-order valence-corrected chi connectivity index (χ0v) is 11.9. The topological polar surface area (TPSA) is 39.2 Å². The van der Waals surface area contributed by atoms with Crippen LogP contribution in [0, 0.1) is 5.92 Å². The van der Waals surface area contributed by atoms with Crippen LogP contribution < -0.4 is 5.73 Å². The van der Waals surface area contributed by atoms with Crippen molar-refractivity contribution >= 4 is 11.0 Å². The summed E-state index contributed by atoms with van der Waals surface area (Å²) in [6.07, 6.45) is 0. The predicted octanol–water partition coefficient (Wildman–Crippen LogP) is 4.39. The molecule has 1 heterocycles. The summed E-state index contributed by atoms with van der Waals surface area (Å²) < 4.78 is 5.83. The van der Waals surface area contributed by atoms with E-state index in [9.17, 15) is 0 Å². The van der Waals surface area contributed by atoms with Crippen LogP contribution in [0.2, 0.25) is 0 Å². The van der Waals surface area contributed by atoms with Crippen molar-refractivity contribution in [3.63, 3.8) is 0 Å². The van der Waals surface area contributed by atoms with Gasteiger partial charge in [0, 0.05) is 5.39 Å². The number of rotatable bonds is 2. The molecule has 2 rings (SSSR count). The number of hydrogen-bond acceptors (Lipinski definition) is 2. The Morgan fingerprint density at radius 1 is 1.11 bits per heavy atom. The van der Waals surface area contributed by atoms with Gasteiger partial charge in [0.05, 0.1) is 6.04 Å². The zero-order chi connectivity index (χ0) is 13.5. The fraction of sp³-hybridized carbons (Fsp3) is 0.500. The van der Waals surface area contributed by atoms with Gasteiger partial charge in [0.25, 0.3) is 0 Å². The molecule has 0 amide bonds. The van der Waals surface area contributed by atoms with Gasteiger partial charge >= 0.3 is 0 Å². The highest BCUT2D eigenvalue weighted by Gasteiger charge is 2.18. The smallest absolute Gasteiger partial charge is 0.134 e. The van der Waals surface area contributed by atoms with Crippen LogP contribution in [0.15, 0.2) is 28.7 Å². The second-order valence-corrected chi connectivity index (χ2v) is 6.42. The van der Waals surface area contributed by atoms with Crippen LogP contribution in [0.25, 0.3) is 11.0 Å². The standard InChI is InChI=1S/C16H23NO/c1-10(2)15(17)14-9-11-8-12(16(3,4)5)6-7-13(11)18-14/h6-10,15H,17H2,1-5H3. The molecule has 2 N–H and O–H groups in total. The summed E-state index contributed by atoms with van der Waals surface area (Å²) in [7, 11) is 0. The lowest BCUT2D eigenvalue weighted by Gasteiger charge is -2.18. The molecule has 0 saturated carbocycles. The fourth-order valence-electron chi connectivity index (χ4n) is 2.02. The third kappa shape index (κ3) is 2.44. The molecule has 98 valence electrons. The van der Waals surface area contributed by atoms with Gasteiger partial charge in [-0.3, -0.25) is 0 Å². The van der Waals surface area contributed by atoms with E-state index in [-0.39, 0.29) is 11.5 Å². The maximum atomic E-state index is 6.13. The van der Waals surface area contributed by atoms with E-state index >= 15 is 0 Å². The Hall–Kier alpha value is -1.28. The largest absolute Gasteiger partial charge is 0.459 e. The summed E-state index contributed by atoms with van der Waals surface area (Å²) in [5, 5.41) is 1.15. The molecule has 1 aromatic carbocycles. The van der Waals surface area contributed by atoms with Crippen LogP contribution in [0.5, 0.6) is 0 Å². The van der Waals surface area contributed by atoms with Crippen LogP contribution in [-0.4, -0.2) is 0 Å². The molecule has 2 heteroatoms. The molecule has 0 spiro atoms. The lowest BCUT2D eigenvalue weighted by molar-refractivity contribution is 0.418. The van der Waals surface area contributed by atoms with E-state index in [2.05, 4.69) is 52.8 Å². The van der Waals surface area contributed by atoms with E-state index in [1.165, 1.54) is 5.56 Å². The molecule has 1 atom stereocenters. The molecule has 0 radical (unpaired) electrons. The Kier molecular flexibility index (Phi) is 3.24. The summed E-state index contributed by atoms with van der Waals surface area (Å²) in [5.74, 6) is 1.26. The van der Waals surface area contributed by atoms with Crippen molar-refractivity contribution in [3.8, 4) is 0 Å². The Labute approximate surface area is 109 Å². The minimum atomic E-state index is -0.0320. The van der Waals surface area contributed by atoms with E-state index in [1.807, 2.05) is 6.07 Å². The van der Waals surface area contributed by atoms with E-state index < -0.39 is 0 Å². The van der Waals surface area contributed by atoms with E-state index in [0.29, 0.717) is 5.92 Å². The van der Waals surface area contributed by atoms with Crippen LogP contribution in [-0.2, 0) is 5.41 Å². The lowest BCUT2D eigenvalue weighted by atomic mass is 9.86. The summed E-state index contributed by atoms with van der Waals surface area (Å²) in [6, 6.07) is 8.43. The van der Waals surface area contributed by atoms with Crippen molar-refractivity contribution in [2.45, 2.75) is 46.1 Å². The molecule has 0 saturated heterocycles. The first kappa shape index (κ1) is 13.2. The van der Waals surface area contributed by atoms with Gasteiger partial charge < -0.3 is 10.2 Å². The molecule has 18 heavy (non-hydrogen) atoms. The number of furan rings is 1. The third-order valence-electron chi connectivity index (χ3n) is 3.45. The molecule has 0 fully saturated rings. The number of fused-ring (bicyclic) bond motifs is 1. The molecule has 0 aliphatic carbocycles. The summed E-state index contributed by atoms with van der Waals surface area (Å²) >= 11 is 0. The quantitative estimate of drug-likeness (QED) is 0.852. The maximum Gasteiger partial charge on any atom is 0.134 e. The minimum Gasteiger partial charge on any atom is -0.459 e. The first-order valence-corrected chi connectivity index (χ1v) is 6.58. The first-order valence-electron chi connectivity index (χ1n) is 6.58. The van der Waals surface area contributed by atoms with Crippen molar-refractivity contribution in [1.82, 2.24) is 0 Å². The molecule has 0 aliphatic heterocycles. The van der Waals surface area contributed by atoms with Gasteiger partial charge in [-0.2, -0.15) is 0 Å². The van der Waals surface area contributed by atoms with Crippen LogP contribution in [0.3, 0.4) is 0 Å². The van der Waals surface area contributed by atoms with Gasteiger partial charge in [0.2, 0.25) is 0 Å². The second kappa shape index (κ2) is 4.43. The van der Waals surface area contributed by atoms with Gasteiger partial charge in [0.15, 0.2) is 0 Å². The van der Waals surface area contributed by atoms with Crippen molar-refractivity contribution < 1.29 is 4.42 Å². The van der Waals surface area contributed by atoms with Crippen molar-refractivity contribution in [2.75, 3.05) is 0 Å². The number of hydrogen-bond donors (Lipinski definition) is 1. The van der Waals surface area contributed by atoms with Gasteiger partial charge in [-0.15, -0.1) is 0 Å². The SMILES string of the molecule is CC(C)C(N)c1cc2cc(C(C)(C)C)ccc2o1. The first-order chi connectivity index (χ1) is 8.29. The van der Waals surface area contributed by atoms with Crippen LogP contribution in [0.1, 0.15) is 52.0 Å². The predicted molar refractivity (Wildman–Crippen MR) is 76.7 cm³/mol. The molecule has 2 nitrogen and oxygen atoms in total. The molecule has 0 bridgehead atoms. The molecular formula is C16H23NO. The molecular weight excluding hydrogens is 222 g/mol. The third-order valence-corrected chi connectivity index (χ3v) is 3.45. The summed E-state index contributed by atoms with van der Waals surface area (Å²) in [6.45, 7) is 10.9. The summed E-state index contributed by atoms with van der Waals surface area (Å²) in [5.41, 5.74) is 8.54. The highest BCUT2D eigenvalue weighted by molar-refractivity contribution is 5.79. The Bertz CT molecular complexity index is 546. The maximum absolute atomic E-state index is 6.13. The summed E-state index contributed by atoms with van der Waals surface area (Å²) in [4.78, 5) is 0. The van der Waals surface area contributed by atoms with Crippen LogP contribution in [0.4, 0.5) is 0 Å². The highest BCUT2D eigenvalue weighted by atomic mass is 16.3.